The molecular weight excluding hydrogens is 443 g/mol. The number of halogens is 1. The first-order valence-corrected chi connectivity index (χ1v) is 13.9. The number of aliphatic hydroxyl groups is 1. The van der Waals surface area contributed by atoms with E-state index in [-0.39, 0.29) is 13.2 Å². The molecule has 0 aliphatic rings. The van der Waals surface area contributed by atoms with E-state index in [1.807, 2.05) is 0 Å². The SMILES string of the molecule is CCCCCCCCCCCCCCCCCC(O)COP(=O)([O-])OCCBr. The molecule has 7 heteroatoms. The highest BCUT2D eigenvalue weighted by atomic mass is 79.9. The molecule has 0 aliphatic heterocycles. The van der Waals surface area contributed by atoms with E-state index in [1.165, 1.54) is 83.5 Å². The minimum Gasteiger partial charge on any atom is -0.756 e. The Morgan fingerprint density at radius 3 is 1.68 bits per heavy atom. The summed E-state index contributed by atoms with van der Waals surface area (Å²) in [6.07, 6.45) is 19.3. The van der Waals surface area contributed by atoms with Gasteiger partial charge in [0.05, 0.1) is 19.3 Å². The Morgan fingerprint density at radius 2 is 1.25 bits per heavy atom. The van der Waals surface area contributed by atoms with Crippen LogP contribution in [0.2, 0.25) is 0 Å². The van der Waals surface area contributed by atoms with Crippen molar-refractivity contribution in [3.63, 3.8) is 0 Å². The molecule has 170 valence electrons. The number of phosphoric acid groups is 1. The topological polar surface area (TPSA) is 78.8 Å². The van der Waals surface area contributed by atoms with E-state index < -0.39 is 13.9 Å². The Kier molecular flexibility index (Phi) is 21.2. The maximum atomic E-state index is 11.4. The molecule has 0 radical (unpaired) electrons. The Balaban J connectivity index is 3.29. The van der Waals surface area contributed by atoms with Crippen LogP contribution in [0.3, 0.4) is 0 Å². The first kappa shape index (κ1) is 28.5. The number of alkyl halides is 1. The summed E-state index contributed by atoms with van der Waals surface area (Å²) in [6.45, 7) is 2.08. The Morgan fingerprint density at radius 1 is 0.821 bits per heavy atom. The second-order valence-electron chi connectivity index (χ2n) is 7.66. The summed E-state index contributed by atoms with van der Waals surface area (Å²) < 4.78 is 20.6. The summed E-state index contributed by atoms with van der Waals surface area (Å²) in [6, 6.07) is 0. The van der Waals surface area contributed by atoms with Crippen LogP contribution in [0.15, 0.2) is 0 Å². The van der Waals surface area contributed by atoms with Crippen molar-refractivity contribution < 1.29 is 23.6 Å². The molecule has 2 unspecified atom stereocenters. The number of phosphoric ester groups is 1. The number of rotatable bonds is 22. The highest BCUT2D eigenvalue weighted by Crippen LogP contribution is 2.38. The van der Waals surface area contributed by atoms with Gasteiger partial charge < -0.3 is 19.0 Å². The average Bonchev–Trinajstić information content (AvgIpc) is 2.68. The molecule has 0 amide bonds. The minimum absolute atomic E-state index is 0.0376. The standard InChI is InChI=1S/C21H44BrO5P/c1-2-3-4-5-6-7-8-9-10-11-12-13-14-15-16-17-21(23)20-27-28(24,25)26-19-18-22/h21,23H,2-20H2,1H3,(H,24,25)/p-1. The molecule has 0 saturated heterocycles. The zero-order chi connectivity index (χ0) is 20.9. The Hall–Kier alpha value is 0.550. The third kappa shape index (κ3) is 21.3. The van der Waals surface area contributed by atoms with E-state index in [0.29, 0.717) is 11.8 Å². The molecule has 0 spiro atoms. The normalized spacial score (nSPS) is 14.9. The van der Waals surface area contributed by atoms with Crippen molar-refractivity contribution in [2.75, 3.05) is 18.5 Å². The molecule has 28 heavy (non-hydrogen) atoms. The fourth-order valence-corrected chi connectivity index (χ4v) is 4.35. The summed E-state index contributed by atoms with van der Waals surface area (Å²) in [5, 5.41) is 10.2. The number of hydrogen-bond donors (Lipinski definition) is 1. The smallest absolute Gasteiger partial charge is 0.267 e. The van der Waals surface area contributed by atoms with E-state index in [1.54, 1.807) is 0 Å². The predicted molar refractivity (Wildman–Crippen MR) is 119 cm³/mol. The van der Waals surface area contributed by atoms with Crippen LogP contribution in [0, 0.1) is 0 Å². The molecule has 0 heterocycles. The quantitative estimate of drug-likeness (QED) is 0.107. The van der Waals surface area contributed by atoms with Crippen molar-refractivity contribution in [1.82, 2.24) is 0 Å². The highest BCUT2D eigenvalue weighted by Gasteiger charge is 2.12. The number of unbranched alkanes of at least 4 members (excludes halogenated alkanes) is 14. The largest absolute Gasteiger partial charge is 0.756 e. The lowest BCUT2D eigenvalue weighted by molar-refractivity contribution is -0.226. The van der Waals surface area contributed by atoms with Crippen molar-refractivity contribution in [3.8, 4) is 0 Å². The summed E-state index contributed by atoms with van der Waals surface area (Å²) >= 11 is 3.08. The molecule has 0 fully saturated rings. The second-order valence-corrected chi connectivity index (χ2v) is 9.86. The fraction of sp³-hybridized carbons (Fsp3) is 1.00. The molecule has 0 bridgehead atoms. The zero-order valence-corrected chi connectivity index (χ0v) is 20.4. The fourth-order valence-electron chi connectivity index (χ4n) is 3.20. The van der Waals surface area contributed by atoms with Crippen LogP contribution >= 0.6 is 23.8 Å². The van der Waals surface area contributed by atoms with Crippen LogP contribution in [0.25, 0.3) is 0 Å². The average molecular weight is 486 g/mol. The van der Waals surface area contributed by atoms with Crippen molar-refractivity contribution >= 4 is 23.8 Å². The van der Waals surface area contributed by atoms with Gasteiger partial charge in [0.2, 0.25) is 0 Å². The second kappa shape index (κ2) is 20.8. The van der Waals surface area contributed by atoms with E-state index in [0.717, 1.165) is 12.8 Å². The van der Waals surface area contributed by atoms with E-state index in [9.17, 15) is 14.6 Å². The zero-order valence-electron chi connectivity index (χ0n) is 17.9. The maximum absolute atomic E-state index is 11.4. The minimum atomic E-state index is -4.28. The molecule has 0 aromatic heterocycles. The molecule has 0 aromatic carbocycles. The highest BCUT2D eigenvalue weighted by molar-refractivity contribution is 9.09. The lowest BCUT2D eigenvalue weighted by atomic mass is 10.0. The molecule has 2 atom stereocenters. The third-order valence-electron chi connectivity index (χ3n) is 4.89. The van der Waals surface area contributed by atoms with Crippen molar-refractivity contribution in [1.29, 1.82) is 0 Å². The summed E-state index contributed by atoms with van der Waals surface area (Å²) in [5.41, 5.74) is 0. The van der Waals surface area contributed by atoms with Crippen molar-refractivity contribution in [3.05, 3.63) is 0 Å². The van der Waals surface area contributed by atoms with Gasteiger partial charge in [-0.05, 0) is 6.42 Å². The summed E-state index contributed by atoms with van der Waals surface area (Å²) in [5.74, 6) is 0. The monoisotopic (exact) mass is 485 g/mol. The first-order chi connectivity index (χ1) is 13.5. The molecule has 0 saturated carbocycles. The molecule has 0 rings (SSSR count). The molecule has 0 aromatic rings. The van der Waals surface area contributed by atoms with Gasteiger partial charge in [0.15, 0.2) is 0 Å². The van der Waals surface area contributed by atoms with Crippen LogP contribution in [-0.2, 0) is 13.6 Å². The van der Waals surface area contributed by atoms with Crippen LogP contribution in [0.1, 0.15) is 110 Å². The van der Waals surface area contributed by atoms with E-state index >= 15 is 0 Å². The van der Waals surface area contributed by atoms with Gasteiger partial charge in [0.25, 0.3) is 7.82 Å². The molecular formula is C21H43BrO5P-. The lowest BCUT2D eigenvalue weighted by Crippen LogP contribution is -2.18. The van der Waals surface area contributed by atoms with Gasteiger partial charge in [0.1, 0.15) is 0 Å². The van der Waals surface area contributed by atoms with Crippen molar-refractivity contribution in [2.45, 2.75) is 116 Å². The summed E-state index contributed by atoms with van der Waals surface area (Å²) in [4.78, 5) is 11.4. The number of hydrogen-bond acceptors (Lipinski definition) is 5. The molecule has 1 N–H and O–H groups in total. The van der Waals surface area contributed by atoms with Gasteiger partial charge in [0, 0.05) is 5.33 Å². The van der Waals surface area contributed by atoms with E-state index in [2.05, 4.69) is 31.9 Å². The van der Waals surface area contributed by atoms with Gasteiger partial charge in [-0.25, -0.2) is 0 Å². The van der Waals surface area contributed by atoms with Crippen molar-refractivity contribution in [2.24, 2.45) is 0 Å². The van der Waals surface area contributed by atoms with E-state index in [4.69, 9.17) is 0 Å². The van der Waals surface area contributed by atoms with Gasteiger partial charge in [-0.2, -0.15) is 0 Å². The predicted octanol–water partition coefficient (Wildman–Crippen LogP) is 6.51. The van der Waals surface area contributed by atoms with Crippen LogP contribution in [0.4, 0.5) is 0 Å². The Labute approximate surface area is 181 Å². The lowest BCUT2D eigenvalue weighted by Gasteiger charge is -2.23. The van der Waals surface area contributed by atoms with Gasteiger partial charge in [-0.3, -0.25) is 4.57 Å². The van der Waals surface area contributed by atoms with Crippen LogP contribution in [0.5, 0.6) is 0 Å². The molecule has 0 aliphatic carbocycles. The maximum Gasteiger partial charge on any atom is 0.267 e. The van der Waals surface area contributed by atoms with Gasteiger partial charge in [-0.15, -0.1) is 0 Å². The van der Waals surface area contributed by atoms with Crippen LogP contribution < -0.4 is 4.89 Å². The van der Waals surface area contributed by atoms with Gasteiger partial charge in [-0.1, -0.05) is 119 Å². The third-order valence-corrected chi connectivity index (χ3v) is 6.18. The Bertz CT molecular complexity index is 371. The first-order valence-electron chi connectivity index (χ1n) is 11.4. The van der Waals surface area contributed by atoms with Gasteiger partial charge >= 0.3 is 0 Å². The molecule has 5 nitrogen and oxygen atoms in total. The van der Waals surface area contributed by atoms with Crippen LogP contribution in [-0.4, -0.2) is 29.8 Å². The number of aliphatic hydroxyl groups excluding tert-OH is 1. The summed E-state index contributed by atoms with van der Waals surface area (Å²) in [7, 11) is -4.28.